The number of para-hydroxylation sites is 1. The van der Waals surface area contributed by atoms with E-state index in [1.54, 1.807) is 0 Å². The Labute approximate surface area is 535 Å². The van der Waals surface area contributed by atoms with Gasteiger partial charge in [0.25, 0.3) is 0 Å². The van der Waals surface area contributed by atoms with E-state index in [9.17, 15) is 8.78 Å². The highest BCUT2D eigenvalue weighted by atomic mass is 32.1. The quantitative estimate of drug-likeness (QED) is 0.142. The molecule has 2 aliphatic rings. The van der Waals surface area contributed by atoms with Crippen LogP contribution in [0, 0.1) is 11.6 Å². The van der Waals surface area contributed by atoms with Crippen LogP contribution in [0.4, 0.5) is 8.78 Å². The predicted molar refractivity (Wildman–Crippen MR) is 383 cm³/mol. The van der Waals surface area contributed by atoms with Gasteiger partial charge in [0.1, 0.15) is 22.7 Å². The first-order valence-electron chi connectivity index (χ1n) is 31.5. The van der Waals surface area contributed by atoms with Crippen LogP contribution in [-0.2, 0) is 10.8 Å². The van der Waals surface area contributed by atoms with Gasteiger partial charge in [-0.2, -0.15) is 0 Å². The smallest absolute Gasteiger partial charge is 0.123 e. The second-order valence-electron chi connectivity index (χ2n) is 25.8. The minimum Gasteiger partial charge on any atom is -0.309 e. The summed E-state index contributed by atoms with van der Waals surface area (Å²) in [7, 11) is 0. The van der Waals surface area contributed by atoms with Crippen LogP contribution in [0.1, 0.15) is 68.1 Å². The monoisotopic (exact) mass is 1200 g/mol. The topological polar surface area (TPSA) is 35.6 Å². The van der Waals surface area contributed by atoms with E-state index in [0.29, 0.717) is 0 Å². The summed E-state index contributed by atoms with van der Waals surface area (Å²) in [5.74, 6) is -0.546. The van der Waals surface area contributed by atoms with E-state index in [4.69, 9.17) is 9.97 Å². The standard InChI is InChI=1S/C85H58F2N4S/c1-7-17-72-56(8-2)64-44-50(30-42-74(64)90(72)54-36-32-52(86)33-37-54)48-28-40-57-58-41-29-49(51-31-43-75-65(45-51)59-18-11-14-27-73(59)91(75)55-38-34-53(87)35-39-55)47-67(58)79-78(66(57)46-48)88-80-81(89-79)83(63-22-16-26-71-77(63)61-20-10-13-24-69(61)85(71,5)6)92-82(80)62-21-15-25-70-76(62)60-19-9-12-23-68(60)84(70,3)4/h7-47H,2H2,1,3-6H3/b17-7-. The fourth-order valence-electron chi connectivity index (χ4n) is 15.8. The summed E-state index contributed by atoms with van der Waals surface area (Å²) in [6.45, 7) is 15.8. The fraction of sp³-hybridized carbons (Fsp3) is 0.0824. The van der Waals surface area contributed by atoms with E-state index in [2.05, 4.69) is 231 Å². The SMILES string of the molecule is C=Cc1c(/C=C\C)n(-c2ccc(F)cc2)c2ccc(-c3ccc4c5ccc(-c6ccc7c(c6)c6ccccc6n7-c6ccc(F)cc6)cc5c5nc6c(-c7cccc8c7-c7ccccc7C8(C)C)sc(-c7cccc8c7-c7ccccc7C8(C)C)c6nc5c4c3)cc12. The highest BCUT2D eigenvalue weighted by molar-refractivity contribution is 7.21. The van der Waals surface area contributed by atoms with Gasteiger partial charge in [0.2, 0.25) is 0 Å². The normalized spacial score (nSPS) is 13.8. The maximum absolute atomic E-state index is 14.4. The lowest BCUT2D eigenvalue weighted by Gasteiger charge is -2.21. The van der Waals surface area contributed by atoms with Crippen LogP contribution in [0.5, 0.6) is 0 Å². The summed E-state index contributed by atoms with van der Waals surface area (Å²) in [5.41, 5.74) is 26.6. The molecule has 2 aliphatic carbocycles. The first-order chi connectivity index (χ1) is 44.9. The Morgan fingerprint density at radius 2 is 0.815 bits per heavy atom. The molecule has 0 radical (unpaired) electrons. The molecule has 4 aromatic heterocycles. The summed E-state index contributed by atoms with van der Waals surface area (Å²) < 4.78 is 33.2. The van der Waals surface area contributed by atoms with Gasteiger partial charge in [-0.25, -0.2) is 18.7 Å². The van der Waals surface area contributed by atoms with E-state index in [1.165, 1.54) is 68.8 Å². The predicted octanol–water partition coefficient (Wildman–Crippen LogP) is 23.4. The second kappa shape index (κ2) is 19.8. The van der Waals surface area contributed by atoms with Crippen molar-refractivity contribution in [3.05, 3.63) is 288 Å². The van der Waals surface area contributed by atoms with Crippen LogP contribution in [0.15, 0.2) is 243 Å². The van der Waals surface area contributed by atoms with Crippen molar-refractivity contribution in [2.45, 2.75) is 45.4 Å². The Hall–Kier alpha value is -10.9. The molecule has 0 aliphatic heterocycles. The van der Waals surface area contributed by atoms with E-state index in [1.807, 2.05) is 54.7 Å². The van der Waals surface area contributed by atoms with Crippen LogP contribution in [0.2, 0.25) is 0 Å². The van der Waals surface area contributed by atoms with Gasteiger partial charge in [-0.15, -0.1) is 11.3 Å². The largest absolute Gasteiger partial charge is 0.309 e. The third-order valence-corrected chi connectivity index (χ3v) is 21.4. The number of thiophene rings is 1. The van der Waals surface area contributed by atoms with Crippen molar-refractivity contribution in [1.29, 1.82) is 0 Å². The number of nitrogens with zero attached hydrogens (tertiary/aromatic N) is 4. The zero-order chi connectivity index (χ0) is 62.1. The molecule has 4 nitrogen and oxygen atoms in total. The van der Waals surface area contributed by atoms with Crippen LogP contribution in [0.25, 0.3) is 165 Å². The number of allylic oxidation sites excluding steroid dienone is 1. The van der Waals surface area contributed by atoms with Crippen molar-refractivity contribution in [3.63, 3.8) is 0 Å². The van der Waals surface area contributed by atoms with E-state index in [0.717, 1.165) is 142 Å². The van der Waals surface area contributed by atoms with Gasteiger partial charge in [-0.05, 0) is 182 Å². The Bertz CT molecular complexity index is 5930. The molecule has 0 N–H and O–H groups in total. The van der Waals surface area contributed by atoms with E-state index >= 15 is 0 Å². The molecule has 0 unspecified atom stereocenters. The van der Waals surface area contributed by atoms with Crippen LogP contribution >= 0.6 is 11.3 Å². The van der Waals surface area contributed by atoms with Crippen LogP contribution < -0.4 is 0 Å². The maximum Gasteiger partial charge on any atom is 0.123 e. The summed E-state index contributed by atoms with van der Waals surface area (Å²) in [4.78, 5) is 14.5. The van der Waals surface area contributed by atoms with Crippen LogP contribution in [0.3, 0.4) is 0 Å². The van der Waals surface area contributed by atoms with Gasteiger partial charge >= 0.3 is 0 Å². The highest BCUT2D eigenvalue weighted by Crippen LogP contribution is 2.58. The van der Waals surface area contributed by atoms with Gasteiger partial charge < -0.3 is 9.13 Å². The van der Waals surface area contributed by atoms with E-state index in [-0.39, 0.29) is 22.5 Å². The minimum atomic E-state index is -0.280. The molecule has 0 fully saturated rings. The van der Waals surface area contributed by atoms with Gasteiger partial charge in [-0.3, -0.25) is 0 Å². The number of halogens is 2. The van der Waals surface area contributed by atoms with Crippen molar-refractivity contribution in [2.75, 3.05) is 0 Å². The Morgan fingerprint density at radius 3 is 1.34 bits per heavy atom. The molecule has 0 bridgehead atoms. The number of rotatable bonds is 8. The lowest BCUT2D eigenvalue weighted by atomic mass is 9.82. The fourth-order valence-corrected chi connectivity index (χ4v) is 17.1. The lowest BCUT2D eigenvalue weighted by Crippen LogP contribution is -2.14. The van der Waals surface area contributed by atoms with Crippen LogP contribution in [-0.4, -0.2) is 19.1 Å². The zero-order valence-corrected chi connectivity index (χ0v) is 52.1. The Kier molecular flexibility index (Phi) is 11.7. The second-order valence-corrected chi connectivity index (χ2v) is 26.8. The van der Waals surface area contributed by atoms with Crippen molar-refractivity contribution in [2.24, 2.45) is 0 Å². The molecule has 438 valence electrons. The molecule has 4 heterocycles. The van der Waals surface area contributed by atoms with Crippen molar-refractivity contribution >= 4 is 99.8 Å². The molecular weight excluding hydrogens is 1150 g/mol. The summed E-state index contributed by atoms with van der Waals surface area (Å²) in [6, 6.07) is 80.5. The Morgan fingerprint density at radius 1 is 0.391 bits per heavy atom. The molecule has 0 saturated carbocycles. The number of benzene rings is 12. The lowest BCUT2D eigenvalue weighted by molar-refractivity contribution is 0.627. The molecule has 0 amide bonds. The molecule has 12 aromatic carbocycles. The van der Waals surface area contributed by atoms with E-state index < -0.39 is 0 Å². The average molecular weight is 1210 g/mol. The number of aromatic nitrogens is 4. The third kappa shape index (κ3) is 7.66. The molecule has 16 aromatic rings. The molecule has 92 heavy (non-hydrogen) atoms. The zero-order valence-electron chi connectivity index (χ0n) is 51.3. The molecule has 0 atom stereocenters. The number of hydrogen-bond acceptors (Lipinski definition) is 3. The summed E-state index contributed by atoms with van der Waals surface area (Å²) in [6.07, 6.45) is 6.07. The van der Waals surface area contributed by atoms with Gasteiger partial charge in [0.15, 0.2) is 0 Å². The molecular formula is C85H58F2N4S. The van der Waals surface area contributed by atoms with Crippen molar-refractivity contribution in [3.8, 4) is 76.8 Å². The average Bonchev–Trinajstić information content (AvgIpc) is 1.40. The first-order valence-corrected chi connectivity index (χ1v) is 32.3. The van der Waals surface area contributed by atoms with Crippen molar-refractivity contribution in [1.82, 2.24) is 19.1 Å². The van der Waals surface area contributed by atoms with Gasteiger partial charge in [-0.1, -0.05) is 186 Å². The highest BCUT2D eigenvalue weighted by Gasteiger charge is 2.40. The number of hydrogen-bond donors (Lipinski definition) is 0. The van der Waals surface area contributed by atoms with Gasteiger partial charge in [0, 0.05) is 65.8 Å². The molecule has 0 saturated heterocycles. The molecule has 7 heteroatoms. The molecule has 0 spiro atoms. The summed E-state index contributed by atoms with van der Waals surface area (Å²) >= 11 is 1.82. The third-order valence-electron chi connectivity index (χ3n) is 20.2. The number of fused-ring (bicyclic) bond motifs is 17. The first kappa shape index (κ1) is 54.1. The van der Waals surface area contributed by atoms with Crippen molar-refractivity contribution < 1.29 is 8.78 Å². The Balaban J connectivity index is 0.930. The molecule has 18 rings (SSSR count). The summed E-state index contributed by atoms with van der Waals surface area (Å²) in [5, 5.41) is 7.44. The maximum atomic E-state index is 14.4. The van der Waals surface area contributed by atoms with Gasteiger partial charge in [0.05, 0.1) is 43.0 Å². The minimum absolute atomic E-state index is 0.215.